The molecule has 2 rings (SSSR count). The van der Waals surface area contributed by atoms with Gasteiger partial charge in [0, 0.05) is 6.04 Å². The first-order chi connectivity index (χ1) is 7.18. The third kappa shape index (κ3) is 2.02. The van der Waals surface area contributed by atoms with Gasteiger partial charge in [0.15, 0.2) is 0 Å². The number of fused-ring (bicyclic) bond motifs is 1. The van der Waals surface area contributed by atoms with Gasteiger partial charge < -0.3 is 5.73 Å². The van der Waals surface area contributed by atoms with E-state index < -0.39 is 0 Å². The van der Waals surface area contributed by atoms with Crippen molar-refractivity contribution in [2.75, 3.05) is 0 Å². The zero-order valence-corrected chi connectivity index (χ0v) is 9.33. The van der Waals surface area contributed by atoms with Crippen molar-refractivity contribution in [1.82, 2.24) is 0 Å². The lowest BCUT2D eigenvalue weighted by Crippen LogP contribution is -2.17. The topological polar surface area (TPSA) is 26.0 Å². The summed E-state index contributed by atoms with van der Waals surface area (Å²) in [6, 6.07) is 13.1. The molecule has 0 aromatic heterocycles. The normalized spacial score (nSPS) is 13.0. The lowest BCUT2D eigenvalue weighted by atomic mass is 9.97. The summed E-state index contributed by atoms with van der Waals surface area (Å²) in [7, 11) is 0. The second-order valence-corrected chi connectivity index (χ2v) is 4.27. The first kappa shape index (κ1) is 10.2. The Morgan fingerprint density at radius 2 is 1.73 bits per heavy atom. The molecule has 2 N–H and O–H groups in total. The summed E-state index contributed by atoms with van der Waals surface area (Å²) in [6.45, 7) is 4.20. The minimum Gasteiger partial charge on any atom is -0.328 e. The molecule has 0 aliphatic rings. The molecule has 1 heteroatoms. The van der Waals surface area contributed by atoms with Gasteiger partial charge in [0.25, 0.3) is 0 Å². The van der Waals surface area contributed by atoms with E-state index in [0.29, 0.717) is 0 Å². The van der Waals surface area contributed by atoms with Crippen LogP contribution in [0.1, 0.15) is 18.1 Å². The van der Waals surface area contributed by atoms with Gasteiger partial charge in [-0.2, -0.15) is 0 Å². The van der Waals surface area contributed by atoms with Crippen LogP contribution in [0.25, 0.3) is 10.8 Å². The van der Waals surface area contributed by atoms with Crippen LogP contribution in [0.4, 0.5) is 0 Å². The van der Waals surface area contributed by atoms with Gasteiger partial charge in [0.2, 0.25) is 0 Å². The molecule has 2 aromatic carbocycles. The molecular formula is C14H17N. The maximum Gasteiger partial charge on any atom is 0.00511 e. The van der Waals surface area contributed by atoms with E-state index >= 15 is 0 Å². The highest BCUT2D eigenvalue weighted by molar-refractivity contribution is 5.88. The van der Waals surface area contributed by atoms with Crippen LogP contribution in [0.5, 0.6) is 0 Å². The van der Waals surface area contributed by atoms with Gasteiger partial charge in [-0.15, -0.1) is 0 Å². The van der Waals surface area contributed by atoms with E-state index in [-0.39, 0.29) is 6.04 Å². The Balaban J connectivity index is 2.61. The quantitative estimate of drug-likeness (QED) is 0.790. The molecule has 1 nitrogen and oxygen atoms in total. The molecular weight excluding hydrogens is 182 g/mol. The zero-order chi connectivity index (χ0) is 10.8. The van der Waals surface area contributed by atoms with Crippen molar-refractivity contribution in [1.29, 1.82) is 0 Å². The molecule has 0 radical (unpaired) electrons. The fourth-order valence-electron chi connectivity index (χ4n) is 2.04. The molecule has 0 saturated carbocycles. The number of nitrogens with two attached hydrogens (primary N) is 1. The van der Waals surface area contributed by atoms with Crippen molar-refractivity contribution < 1.29 is 0 Å². The van der Waals surface area contributed by atoms with Gasteiger partial charge >= 0.3 is 0 Å². The van der Waals surface area contributed by atoms with Crippen molar-refractivity contribution in [3.63, 3.8) is 0 Å². The van der Waals surface area contributed by atoms with Crippen molar-refractivity contribution in [2.45, 2.75) is 26.3 Å². The van der Waals surface area contributed by atoms with Crippen molar-refractivity contribution in [3.8, 4) is 0 Å². The van der Waals surface area contributed by atoms with Gasteiger partial charge in [-0.05, 0) is 42.2 Å². The van der Waals surface area contributed by atoms with Gasteiger partial charge in [0.05, 0.1) is 0 Å². The minimum atomic E-state index is 0.219. The lowest BCUT2D eigenvalue weighted by Gasteiger charge is -2.10. The summed E-state index contributed by atoms with van der Waals surface area (Å²) in [6.07, 6.45) is 0.945. The SMILES string of the molecule is Cc1ccc(CC(C)N)c2ccccc12. The number of hydrogen-bond acceptors (Lipinski definition) is 1. The number of aryl methyl sites for hydroxylation is 1. The summed E-state index contributed by atoms with van der Waals surface area (Å²) in [5.74, 6) is 0. The smallest absolute Gasteiger partial charge is 0.00511 e. The van der Waals surface area contributed by atoms with Crippen LogP contribution in [-0.2, 0) is 6.42 Å². The predicted molar refractivity (Wildman–Crippen MR) is 66.0 cm³/mol. The molecule has 0 saturated heterocycles. The van der Waals surface area contributed by atoms with E-state index in [0.717, 1.165) is 6.42 Å². The van der Waals surface area contributed by atoms with E-state index in [2.05, 4.69) is 50.2 Å². The molecule has 78 valence electrons. The molecule has 0 heterocycles. The van der Waals surface area contributed by atoms with Gasteiger partial charge in [-0.25, -0.2) is 0 Å². The lowest BCUT2D eigenvalue weighted by molar-refractivity contribution is 0.741. The third-order valence-electron chi connectivity index (χ3n) is 2.77. The highest BCUT2D eigenvalue weighted by Crippen LogP contribution is 2.22. The summed E-state index contributed by atoms with van der Waals surface area (Å²) in [4.78, 5) is 0. The fourth-order valence-corrected chi connectivity index (χ4v) is 2.04. The molecule has 0 aliphatic heterocycles. The van der Waals surface area contributed by atoms with Crippen LogP contribution < -0.4 is 5.73 Å². The van der Waals surface area contributed by atoms with Crippen molar-refractivity contribution in [3.05, 3.63) is 47.5 Å². The summed E-state index contributed by atoms with van der Waals surface area (Å²) in [5, 5.41) is 2.69. The van der Waals surface area contributed by atoms with Crippen LogP contribution in [-0.4, -0.2) is 6.04 Å². The molecule has 0 aliphatic carbocycles. The number of hydrogen-bond donors (Lipinski definition) is 1. The van der Waals surface area contributed by atoms with E-state index in [1.54, 1.807) is 0 Å². The zero-order valence-electron chi connectivity index (χ0n) is 9.33. The van der Waals surface area contributed by atoms with Crippen molar-refractivity contribution >= 4 is 10.8 Å². The van der Waals surface area contributed by atoms with Crippen LogP contribution in [0, 0.1) is 6.92 Å². The maximum absolute atomic E-state index is 5.85. The summed E-state index contributed by atoms with van der Waals surface area (Å²) < 4.78 is 0. The van der Waals surface area contributed by atoms with Crippen molar-refractivity contribution in [2.24, 2.45) is 5.73 Å². The van der Waals surface area contributed by atoms with Gasteiger partial charge in [-0.3, -0.25) is 0 Å². The van der Waals surface area contributed by atoms with Crippen LogP contribution >= 0.6 is 0 Å². The second kappa shape index (κ2) is 4.03. The minimum absolute atomic E-state index is 0.219. The largest absolute Gasteiger partial charge is 0.328 e. The molecule has 2 aromatic rings. The first-order valence-corrected chi connectivity index (χ1v) is 5.41. The molecule has 0 fully saturated rings. The maximum atomic E-state index is 5.85. The first-order valence-electron chi connectivity index (χ1n) is 5.41. The Labute approximate surface area is 90.9 Å². The Bertz CT molecular complexity index is 472. The average Bonchev–Trinajstić information content (AvgIpc) is 2.22. The van der Waals surface area contributed by atoms with E-state index in [9.17, 15) is 0 Å². The number of rotatable bonds is 2. The van der Waals surface area contributed by atoms with Gasteiger partial charge in [-0.1, -0.05) is 36.4 Å². The second-order valence-electron chi connectivity index (χ2n) is 4.27. The Hall–Kier alpha value is -1.34. The highest BCUT2D eigenvalue weighted by Gasteiger charge is 2.04. The Morgan fingerprint density at radius 3 is 2.40 bits per heavy atom. The number of benzene rings is 2. The fraction of sp³-hybridized carbons (Fsp3) is 0.286. The van der Waals surface area contributed by atoms with Crippen LogP contribution in [0.3, 0.4) is 0 Å². The van der Waals surface area contributed by atoms with Gasteiger partial charge in [0.1, 0.15) is 0 Å². The predicted octanol–water partition coefficient (Wildman–Crippen LogP) is 3.04. The van der Waals surface area contributed by atoms with Crippen LogP contribution in [0.2, 0.25) is 0 Å². The standard InChI is InChI=1S/C14H17N/c1-10-7-8-12(9-11(2)15)14-6-4-3-5-13(10)14/h3-8,11H,9,15H2,1-2H3. The Morgan fingerprint density at radius 1 is 1.07 bits per heavy atom. The Kier molecular flexibility index (Phi) is 2.74. The van der Waals surface area contributed by atoms with Crippen LogP contribution in [0.15, 0.2) is 36.4 Å². The highest BCUT2D eigenvalue weighted by atomic mass is 14.6. The molecule has 0 amide bonds. The van der Waals surface area contributed by atoms with E-state index in [1.807, 2.05) is 0 Å². The molecule has 0 bridgehead atoms. The van der Waals surface area contributed by atoms with E-state index in [1.165, 1.54) is 21.9 Å². The average molecular weight is 199 g/mol. The third-order valence-corrected chi connectivity index (χ3v) is 2.77. The molecule has 0 spiro atoms. The summed E-state index contributed by atoms with van der Waals surface area (Å²) in [5.41, 5.74) is 8.54. The molecule has 1 atom stereocenters. The summed E-state index contributed by atoms with van der Waals surface area (Å²) >= 11 is 0. The van der Waals surface area contributed by atoms with E-state index in [4.69, 9.17) is 5.73 Å². The molecule has 15 heavy (non-hydrogen) atoms. The molecule has 1 unspecified atom stereocenters. The monoisotopic (exact) mass is 199 g/mol.